The fraction of sp³-hybridized carbons (Fsp3) is 0.240. The van der Waals surface area contributed by atoms with Gasteiger partial charge in [0.2, 0.25) is 5.91 Å². The van der Waals surface area contributed by atoms with E-state index in [1.807, 2.05) is 90.0 Å². The Morgan fingerprint density at radius 2 is 1.72 bits per heavy atom. The van der Waals surface area contributed by atoms with Crippen LogP contribution in [0.4, 0.5) is 5.69 Å². The fourth-order valence-electron chi connectivity index (χ4n) is 3.72. The molecule has 0 saturated heterocycles. The molecule has 0 radical (unpaired) electrons. The molecule has 2 aromatic carbocycles. The largest absolute Gasteiger partial charge is 0.322 e. The number of aromatic nitrogens is 4. The van der Waals surface area contributed by atoms with E-state index in [0.29, 0.717) is 6.54 Å². The van der Waals surface area contributed by atoms with Gasteiger partial charge < -0.3 is 5.32 Å². The Labute approximate surface area is 188 Å². The Morgan fingerprint density at radius 3 is 2.44 bits per heavy atom. The van der Waals surface area contributed by atoms with Crippen LogP contribution in [0.15, 0.2) is 67.0 Å². The minimum absolute atomic E-state index is 0.0717. The summed E-state index contributed by atoms with van der Waals surface area (Å²) in [6.07, 6.45) is 3.82. The summed E-state index contributed by atoms with van der Waals surface area (Å²) in [5, 5.41) is 12.1. The second-order valence-electron chi connectivity index (χ2n) is 8.14. The Kier molecular flexibility index (Phi) is 6.18. The molecule has 2 heterocycles. The molecule has 0 spiro atoms. The summed E-state index contributed by atoms with van der Waals surface area (Å²) >= 11 is 0. The average Bonchev–Trinajstić information content (AvgIpc) is 3.35. The van der Waals surface area contributed by atoms with Gasteiger partial charge in [0.05, 0.1) is 41.2 Å². The SMILES string of the molecule is Cc1ccc(-n2nc(C)c(NC(=O)CN(C)Cc3cnn(-c4ccccc4)c3)c2C)cc1. The first-order valence-electron chi connectivity index (χ1n) is 10.6. The van der Waals surface area contributed by atoms with Crippen LogP contribution in [0.1, 0.15) is 22.5 Å². The highest BCUT2D eigenvalue weighted by Gasteiger charge is 2.16. The molecular formula is C25H28N6O. The van der Waals surface area contributed by atoms with Crippen molar-refractivity contribution >= 4 is 11.6 Å². The van der Waals surface area contributed by atoms with E-state index in [-0.39, 0.29) is 12.5 Å². The molecule has 164 valence electrons. The molecule has 0 atom stereocenters. The molecule has 1 N–H and O–H groups in total. The topological polar surface area (TPSA) is 68.0 Å². The highest BCUT2D eigenvalue weighted by molar-refractivity contribution is 5.93. The van der Waals surface area contributed by atoms with Gasteiger partial charge in [-0.25, -0.2) is 9.36 Å². The number of likely N-dealkylation sites (N-methyl/N-ethyl adjacent to an activating group) is 1. The van der Waals surface area contributed by atoms with Crippen LogP contribution < -0.4 is 5.32 Å². The van der Waals surface area contributed by atoms with E-state index in [4.69, 9.17) is 0 Å². The quantitative estimate of drug-likeness (QED) is 0.482. The Morgan fingerprint density at radius 1 is 1.00 bits per heavy atom. The molecule has 7 heteroatoms. The molecule has 4 aromatic rings. The van der Waals surface area contributed by atoms with Crippen LogP contribution in [-0.4, -0.2) is 44.0 Å². The Bertz CT molecular complexity index is 1210. The van der Waals surface area contributed by atoms with Crippen LogP contribution in [0.3, 0.4) is 0 Å². The van der Waals surface area contributed by atoms with Crippen LogP contribution in [0.25, 0.3) is 11.4 Å². The highest BCUT2D eigenvalue weighted by Crippen LogP contribution is 2.23. The van der Waals surface area contributed by atoms with E-state index in [9.17, 15) is 4.79 Å². The van der Waals surface area contributed by atoms with Crippen molar-refractivity contribution in [3.05, 3.63) is 89.5 Å². The van der Waals surface area contributed by atoms with Gasteiger partial charge >= 0.3 is 0 Å². The number of amides is 1. The number of carbonyl (C=O) groups excluding carboxylic acids is 1. The van der Waals surface area contributed by atoms with E-state index < -0.39 is 0 Å². The van der Waals surface area contributed by atoms with Gasteiger partial charge in [-0.15, -0.1) is 0 Å². The highest BCUT2D eigenvalue weighted by atomic mass is 16.2. The van der Waals surface area contributed by atoms with Crippen LogP contribution in [0.5, 0.6) is 0 Å². The average molecular weight is 429 g/mol. The molecule has 0 aliphatic heterocycles. The number of rotatable bonds is 7. The van der Waals surface area contributed by atoms with E-state index in [1.54, 1.807) is 0 Å². The van der Waals surface area contributed by atoms with Crippen molar-refractivity contribution in [1.29, 1.82) is 0 Å². The molecule has 7 nitrogen and oxygen atoms in total. The molecule has 4 rings (SSSR count). The number of hydrogen-bond acceptors (Lipinski definition) is 4. The first-order valence-corrected chi connectivity index (χ1v) is 10.6. The summed E-state index contributed by atoms with van der Waals surface area (Å²) in [6.45, 7) is 6.83. The van der Waals surface area contributed by atoms with Crippen LogP contribution in [0.2, 0.25) is 0 Å². The molecule has 2 aromatic heterocycles. The van der Waals surface area contributed by atoms with Crippen molar-refractivity contribution in [1.82, 2.24) is 24.5 Å². The molecule has 1 amide bonds. The molecule has 0 saturated carbocycles. The lowest BCUT2D eigenvalue weighted by Gasteiger charge is -2.15. The van der Waals surface area contributed by atoms with Gasteiger partial charge in [-0.1, -0.05) is 35.9 Å². The molecule has 0 aliphatic carbocycles. The van der Waals surface area contributed by atoms with E-state index in [2.05, 4.69) is 34.6 Å². The first kappa shape index (κ1) is 21.5. The fourth-order valence-corrected chi connectivity index (χ4v) is 3.72. The number of benzene rings is 2. The van der Waals surface area contributed by atoms with Gasteiger partial charge in [-0.05, 0) is 52.1 Å². The number of carbonyl (C=O) groups is 1. The molecule has 32 heavy (non-hydrogen) atoms. The second-order valence-corrected chi connectivity index (χ2v) is 8.14. The lowest BCUT2D eigenvalue weighted by atomic mass is 10.2. The van der Waals surface area contributed by atoms with Crippen molar-refractivity contribution in [2.75, 3.05) is 18.9 Å². The predicted octanol–water partition coefficient (Wildman–Crippen LogP) is 4.05. The monoisotopic (exact) mass is 428 g/mol. The third-order valence-electron chi connectivity index (χ3n) is 5.36. The summed E-state index contributed by atoms with van der Waals surface area (Å²) in [5.74, 6) is -0.0717. The van der Waals surface area contributed by atoms with Crippen molar-refractivity contribution in [2.45, 2.75) is 27.3 Å². The summed E-state index contributed by atoms with van der Waals surface area (Å²) in [6, 6.07) is 18.1. The normalized spacial score (nSPS) is 11.2. The third-order valence-corrected chi connectivity index (χ3v) is 5.36. The van der Waals surface area contributed by atoms with Crippen LogP contribution in [0, 0.1) is 20.8 Å². The molecule has 0 fully saturated rings. The number of anilines is 1. The number of nitrogens with one attached hydrogen (secondary N) is 1. The lowest BCUT2D eigenvalue weighted by Crippen LogP contribution is -2.30. The lowest BCUT2D eigenvalue weighted by molar-refractivity contribution is -0.117. The molecule has 0 aliphatic rings. The van der Waals surface area contributed by atoms with Gasteiger partial charge in [0.25, 0.3) is 0 Å². The van der Waals surface area contributed by atoms with Crippen molar-refractivity contribution in [3.63, 3.8) is 0 Å². The summed E-state index contributed by atoms with van der Waals surface area (Å²) in [7, 11) is 1.93. The van der Waals surface area contributed by atoms with Crippen LogP contribution in [-0.2, 0) is 11.3 Å². The van der Waals surface area contributed by atoms with Crippen molar-refractivity contribution in [2.24, 2.45) is 0 Å². The zero-order valence-electron chi connectivity index (χ0n) is 18.9. The molecular weight excluding hydrogens is 400 g/mol. The maximum absolute atomic E-state index is 12.7. The number of aryl methyl sites for hydroxylation is 2. The maximum atomic E-state index is 12.7. The number of nitrogens with zero attached hydrogens (tertiary/aromatic N) is 5. The summed E-state index contributed by atoms with van der Waals surface area (Å²) in [5.41, 5.74) is 6.69. The van der Waals surface area contributed by atoms with E-state index in [1.165, 1.54) is 5.56 Å². The number of hydrogen-bond donors (Lipinski definition) is 1. The minimum atomic E-state index is -0.0717. The number of para-hydroxylation sites is 1. The summed E-state index contributed by atoms with van der Waals surface area (Å²) < 4.78 is 3.71. The third kappa shape index (κ3) is 4.78. The smallest absolute Gasteiger partial charge is 0.238 e. The molecule has 0 bridgehead atoms. The van der Waals surface area contributed by atoms with Gasteiger partial charge in [-0.3, -0.25) is 9.69 Å². The van der Waals surface area contributed by atoms with Gasteiger partial charge in [0.1, 0.15) is 0 Å². The Balaban J connectivity index is 1.39. The zero-order valence-corrected chi connectivity index (χ0v) is 18.9. The van der Waals surface area contributed by atoms with Gasteiger partial charge in [0, 0.05) is 18.3 Å². The Hall–Kier alpha value is -3.71. The van der Waals surface area contributed by atoms with Gasteiger partial charge in [0.15, 0.2) is 0 Å². The predicted molar refractivity (Wildman–Crippen MR) is 126 cm³/mol. The first-order chi connectivity index (χ1) is 15.4. The second kappa shape index (κ2) is 9.20. The van der Waals surface area contributed by atoms with E-state index in [0.717, 1.165) is 34.0 Å². The van der Waals surface area contributed by atoms with Crippen molar-refractivity contribution < 1.29 is 4.79 Å². The molecule has 0 unspecified atom stereocenters. The minimum Gasteiger partial charge on any atom is -0.322 e. The maximum Gasteiger partial charge on any atom is 0.238 e. The van der Waals surface area contributed by atoms with E-state index >= 15 is 0 Å². The standard InChI is InChI=1S/C25H28N6O/c1-18-10-12-23(13-11-18)31-20(3)25(19(2)28-31)27-24(32)17-29(4)15-21-14-26-30(16-21)22-8-6-5-7-9-22/h5-14,16H,15,17H2,1-4H3,(H,27,32). The van der Waals surface area contributed by atoms with Crippen molar-refractivity contribution in [3.8, 4) is 11.4 Å². The van der Waals surface area contributed by atoms with Crippen LogP contribution >= 0.6 is 0 Å². The summed E-state index contributed by atoms with van der Waals surface area (Å²) in [4.78, 5) is 14.7. The van der Waals surface area contributed by atoms with Gasteiger partial charge in [-0.2, -0.15) is 10.2 Å². The zero-order chi connectivity index (χ0) is 22.7.